The Balaban J connectivity index is 3.08. The van der Waals surface area contributed by atoms with Gasteiger partial charge in [0.1, 0.15) is 0 Å². The highest BCUT2D eigenvalue weighted by Gasteiger charge is 2.52. The number of hydrogen-bond donors (Lipinski definition) is 0. The number of carbonyl (C=O) groups excluding carboxylic acids is 3. The summed E-state index contributed by atoms with van der Waals surface area (Å²) in [6, 6.07) is 0. The number of methoxy groups -OCH3 is 1. The Kier molecular flexibility index (Phi) is 8.29. The minimum absolute atomic E-state index is 0.0836. The van der Waals surface area contributed by atoms with E-state index in [1.807, 2.05) is 40.7 Å². The number of carbonyl (C=O) groups is 3. The van der Waals surface area contributed by atoms with Crippen molar-refractivity contribution in [1.29, 1.82) is 0 Å². The number of thioether (sulfide) groups is 1. The van der Waals surface area contributed by atoms with E-state index >= 15 is 0 Å². The second-order valence-electron chi connectivity index (χ2n) is 7.68. The third-order valence-corrected chi connectivity index (χ3v) is 4.91. The van der Waals surface area contributed by atoms with Gasteiger partial charge in [-0.25, -0.2) is 9.59 Å². The molecule has 1 saturated heterocycles. The Bertz CT molecular complexity index is 643. The summed E-state index contributed by atoms with van der Waals surface area (Å²) >= 11 is 1.27. The van der Waals surface area contributed by atoms with Gasteiger partial charge in [-0.05, 0) is 31.6 Å². The molecule has 0 unspecified atom stereocenters. The minimum Gasteiger partial charge on any atom is -0.466 e. The fourth-order valence-corrected chi connectivity index (χ4v) is 3.10. The molecule has 6 nitrogen and oxygen atoms in total. The van der Waals surface area contributed by atoms with E-state index in [0.29, 0.717) is 12.0 Å². The molecular formula is C20H30O6S. The fraction of sp³-hybridized carbons (Fsp3) is 0.650. The Morgan fingerprint density at radius 2 is 1.96 bits per heavy atom. The smallest absolute Gasteiger partial charge is 0.344 e. The predicted octanol–water partition coefficient (Wildman–Crippen LogP) is 3.80. The summed E-state index contributed by atoms with van der Waals surface area (Å²) in [5.74, 6) is -0.391. The lowest BCUT2D eigenvalue weighted by Gasteiger charge is -2.27. The number of hydrogen-bond acceptors (Lipinski definition) is 7. The number of esters is 2. The van der Waals surface area contributed by atoms with Crippen molar-refractivity contribution in [3.05, 3.63) is 23.3 Å². The van der Waals surface area contributed by atoms with Crippen molar-refractivity contribution in [2.24, 2.45) is 5.41 Å². The van der Waals surface area contributed by atoms with E-state index < -0.39 is 29.2 Å². The lowest BCUT2D eigenvalue weighted by atomic mass is 9.91. The van der Waals surface area contributed by atoms with Crippen LogP contribution >= 0.6 is 11.8 Å². The molecule has 1 rings (SSSR count). The normalized spacial score (nSPS) is 24.0. The molecule has 1 aliphatic heterocycles. The van der Waals surface area contributed by atoms with Crippen molar-refractivity contribution >= 4 is 28.8 Å². The van der Waals surface area contributed by atoms with E-state index in [1.54, 1.807) is 6.92 Å². The standard InChI is InChI=1S/C20H30O6S/c1-8-27-16(22)11-13(2)9-10-14(12-15(21)24-7)20(6)17(23)25-18(26-20)19(3,4)5/h9,12,18H,8,10-11H2,1-7H3/b13-9-,14-12+/t18-,20+/m0/s1. The Hall–Kier alpha value is -1.60. The number of rotatable bonds is 7. The van der Waals surface area contributed by atoms with Crippen LogP contribution in [0.3, 0.4) is 0 Å². The molecule has 1 fully saturated rings. The van der Waals surface area contributed by atoms with Gasteiger partial charge >= 0.3 is 11.9 Å². The van der Waals surface area contributed by atoms with E-state index in [9.17, 15) is 14.4 Å². The van der Waals surface area contributed by atoms with Crippen molar-refractivity contribution in [2.45, 2.75) is 66.3 Å². The topological polar surface area (TPSA) is 78.9 Å². The van der Waals surface area contributed by atoms with E-state index in [4.69, 9.17) is 14.2 Å². The summed E-state index contributed by atoms with van der Waals surface area (Å²) in [6.07, 6.45) is 2.96. The lowest BCUT2D eigenvalue weighted by Crippen LogP contribution is -2.36. The summed E-state index contributed by atoms with van der Waals surface area (Å²) in [5.41, 5.74) is -0.496. The monoisotopic (exact) mass is 398 g/mol. The van der Waals surface area contributed by atoms with Crippen LogP contribution in [0.1, 0.15) is 54.4 Å². The summed E-state index contributed by atoms with van der Waals surface area (Å²) in [5, 5.41) is 0.0836. The van der Waals surface area contributed by atoms with Crippen LogP contribution in [0.15, 0.2) is 23.3 Å². The average Bonchev–Trinajstić information content (AvgIpc) is 2.87. The summed E-state index contributed by atoms with van der Waals surface area (Å²) in [6.45, 7) is 11.1. The molecule has 7 heteroatoms. The second-order valence-corrected chi connectivity index (χ2v) is 9.00. The first kappa shape index (κ1) is 23.4. The van der Waals surface area contributed by atoms with Gasteiger partial charge in [0.2, 0.25) is 6.29 Å². The van der Waals surface area contributed by atoms with E-state index in [-0.39, 0.29) is 11.5 Å². The fourth-order valence-electron chi connectivity index (χ4n) is 2.44. The van der Waals surface area contributed by atoms with Gasteiger partial charge < -0.3 is 14.2 Å². The average molecular weight is 399 g/mol. The molecule has 1 heterocycles. The quantitative estimate of drug-likeness (QED) is 0.367. The molecule has 0 radical (unpaired) electrons. The minimum atomic E-state index is -1.38. The maximum absolute atomic E-state index is 12.6. The van der Waals surface area contributed by atoms with Crippen molar-refractivity contribution in [3.8, 4) is 0 Å². The molecule has 0 aromatic carbocycles. The zero-order chi connectivity index (χ0) is 20.8. The van der Waals surface area contributed by atoms with Gasteiger partial charge in [0.05, 0.1) is 7.11 Å². The van der Waals surface area contributed by atoms with Crippen molar-refractivity contribution in [2.75, 3.05) is 12.9 Å². The lowest BCUT2D eigenvalue weighted by molar-refractivity contribution is -0.155. The molecule has 152 valence electrons. The summed E-state index contributed by atoms with van der Waals surface area (Å²) in [7, 11) is 1.27. The van der Waals surface area contributed by atoms with Crippen LogP contribution in [0.2, 0.25) is 0 Å². The van der Waals surface area contributed by atoms with Crippen LogP contribution in [0, 0.1) is 5.41 Å². The third-order valence-electron chi connectivity index (χ3n) is 4.16. The molecule has 2 atom stereocenters. The third kappa shape index (κ3) is 6.50. The van der Waals surface area contributed by atoms with Gasteiger partial charge in [0, 0.05) is 17.9 Å². The van der Waals surface area contributed by atoms with Gasteiger partial charge in [0.15, 0.2) is 10.7 Å². The Morgan fingerprint density at radius 1 is 1.33 bits per heavy atom. The highest BCUT2D eigenvalue weighted by Crippen LogP contribution is 2.39. The SMILES string of the molecule is CCSC(=O)C/C(C)=C\C/C(=C\C(=O)OC)[C@@]1(C)O[C@@H](C(C)(C)C)OC1=O. The van der Waals surface area contributed by atoms with Gasteiger partial charge in [-0.3, -0.25) is 4.79 Å². The van der Waals surface area contributed by atoms with Crippen molar-refractivity contribution in [1.82, 2.24) is 0 Å². The van der Waals surface area contributed by atoms with Crippen LogP contribution in [0.25, 0.3) is 0 Å². The molecule has 0 saturated carbocycles. The molecule has 0 N–H and O–H groups in total. The molecule has 0 spiro atoms. The Morgan fingerprint density at radius 3 is 2.44 bits per heavy atom. The summed E-state index contributed by atoms with van der Waals surface area (Å²) < 4.78 is 16.1. The molecule has 27 heavy (non-hydrogen) atoms. The van der Waals surface area contributed by atoms with Crippen molar-refractivity contribution in [3.63, 3.8) is 0 Å². The van der Waals surface area contributed by atoms with E-state index in [2.05, 4.69) is 0 Å². The highest BCUT2D eigenvalue weighted by molar-refractivity contribution is 8.13. The van der Waals surface area contributed by atoms with E-state index in [1.165, 1.54) is 24.9 Å². The van der Waals surface area contributed by atoms with Gasteiger partial charge in [-0.1, -0.05) is 51.1 Å². The Labute approximate surface area is 165 Å². The zero-order valence-electron chi connectivity index (χ0n) is 17.2. The maximum atomic E-state index is 12.6. The van der Waals surface area contributed by atoms with Crippen LogP contribution < -0.4 is 0 Å². The first-order chi connectivity index (χ1) is 12.4. The second kappa shape index (κ2) is 9.55. The van der Waals surface area contributed by atoms with Gasteiger partial charge in [-0.15, -0.1) is 0 Å². The van der Waals surface area contributed by atoms with Crippen LogP contribution in [-0.2, 0) is 28.6 Å². The van der Waals surface area contributed by atoms with E-state index in [0.717, 1.165) is 11.3 Å². The number of cyclic esters (lactones) is 1. The molecule has 1 aliphatic rings. The van der Waals surface area contributed by atoms with Crippen LogP contribution in [0.4, 0.5) is 0 Å². The molecule has 0 bridgehead atoms. The van der Waals surface area contributed by atoms with Gasteiger partial charge in [-0.2, -0.15) is 0 Å². The molecule has 0 aliphatic carbocycles. The zero-order valence-corrected chi connectivity index (χ0v) is 18.0. The molecule has 0 aromatic heterocycles. The first-order valence-corrected chi connectivity index (χ1v) is 9.91. The largest absolute Gasteiger partial charge is 0.466 e. The maximum Gasteiger partial charge on any atom is 0.344 e. The van der Waals surface area contributed by atoms with Gasteiger partial charge in [0.25, 0.3) is 0 Å². The van der Waals surface area contributed by atoms with Crippen molar-refractivity contribution < 1.29 is 28.6 Å². The first-order valence-electron chi connectivity index (χ1n) is 8.93. The molecule has 0 aromatic rings. The molecular weight excluding hydrogens is 368 g/mol. The number of ether oxygens (including phenoxy) is 3. The van der Waals surface area contributed by atoms with Crippen LogP contribution in [0.5, 0.6) is 0 Å². The highest BCUT2D eigenvalue weighted by atomic mass is 32.2. The number of allylic oxidation sites excluding steroid dienone is 2. The predicted molar refractivity (Wildman–Crippen MR) is 105 cm³/mol. The molecule has 0 amide bonds. The van der Waals surface area contributed by atoms with Crippen LogP contribution in [-0.4, -0.2) is 41.8 Å². The summed E-state index contributed by atoms with van der Waals surface area (Å²) in [4.78, 5) is 36.2.